The standard InChI is InChI=1S/C21H22O5/c1-20(16-9-5-4-6-10-16)21(19(23)25-3,14-18(22)26-20)13-15-8-7-11-17(12-15)24-2/h4-12H,13-14H2,1-3H3. The van der Waals surface area contributed by atoms with Gasteiger partial charge in [-0.1, -0.05) is 42.5 Å². The third-order valence-corrected chi connectivity index (χ3v) is 5.22. The SMILES string of the molecule is COC(=O)C1(Cc2cccc(OC)c2)CC(=O)OC1(C)c1ccccc1. The summed E-state index contributed by atoms with van der Waals surface area (Å²) in [5.74, 6) is -0.184. The van der Waals surface area contributed by atoms with E-state index in [4.69, 9.17) is 14.2 Å². The van der Waals surface area contributed by atoms with Crippen molar-refractivity contribution < 1.29 is 23.8 Å². The van der Waals surface area contributed by atoms with Crippen molar-refractivity contribution in [3.63, 3.8) is 0 Å². The second-order valence-electron chi connectivity index (χ2n) is 6.65. The van der Waals surface area contributed by atoms with E-state index in [-0.39, 0.29) is 6.42 Å². The first-order chi connectivity index (χ1) is 12.4. The number of benzene rings is 2. The number of methoxy groups -OCH3 is 2. The summed E-state index contributed by atoms with van der Waals surface area (Å²) < 4.78 is 16.1. The van der Waals surface area contributed by atoms with Crippen LogP contribution >= 0.6 is 0 Å². The van der Waals surface area contributed by atoms with Crippen LogP contribution in [0.2, 0.25) is 0 Å². The fourth-order valence-corrected chi connectivity index (χ4v) is 3.76. The fraction of sp³-hybridized carbons (Fsp3) is 0.333. The van der Waals surface area contributed by atoms with Gasteiger partial charge >= 0.3 is 11.9 Å². The van der Waals surface area contributed by atoms with Crippen LogP contribution in [0.4, 0.5) is 0 Å². The van der Waals surface area contributed by atoms with E-state index in [2.05, 4.69) is 0 Å². The number of esters is 2. The molecule has 0 aliphatic carbocycles. The van der Waals surface area contributed by atoms with Gasteiger partial charge in [0.25, 0.3) is 0 Å². The predicted octanol–water partition coefficient (Wildman–Crippen LogP) is 3.26. The van der Waals surface area contributed by atoms with Gasteiger partial charge in [-0.2, -0.15) is 0 Å². The Hall–Kier alpha value is -2.82. The van der Waals surface area contributed by atoms with E-state index in [1.165, 1.54) is 7.11 Å². The molecule has 2 atom stereocenters. The first-order valence-corrected chi connectivity index (χ1v) is 8.44. The zero-order chi connectivity index (χ0) is 18.8. The summed E-state index contributed by atoms with van der Waals surface area (Å²) in [6.45, 7) is 1.78. The van der Waals surface area contributed by atoms with Crippen LogP contribution in [-0.2, 0) is 31.1 Å². The van der Waals surface area contributed by atoms with E-state index in [0.717, 1.165) is 11.1 Å². The zero-order valence-electron chi connectivity index (χ0n) is 15.2. The molecule has 1 heterocycles. The molecule has 0 bridgehead atoms. The lowest BCUT2D eigenvalue weighted by atomic mass is 9.65. The number of hydrogen-bond acceptors (Lipinski definition) is 5. The van der Waals surface area contributed by atoms with Crippen molar-refractivity contribution >= 4 is 11.9 Å². The molecule has 0 aromatic heterocycles. The van der Waals surface area contributed by atoms with Crippen LogP contribution in [0.15, 0.2) is 54.6 Å². The molecule has 1 aliphatic heterocycles. The lowest BCUT2D eigenvalue weighted by Crippen LogP contribution is -2.48. The topological polar surface area (TPSA) is 61.8 Å². The largest absolute Gasteiger partial charge is 0.497 e. The summed E-state index contributed by atoms with van der Waals surface area (Å²) in [7, 11) is 2.93. The molecule has 0 spiro atoms. The number of carbonyl (C=O) groups is 2. The van der Waals surface area contributed by atoms with Crippen LogP contribution in [0, 0.1) is 5.41 Å². The molecule has 1 fully saturated rings. The third-order valence-electron chi connectivity index (χ3n) is 5.22. The molecule has 2 aromatic rings. The van der Waals surface area contributed by atoms with Crippen LogP contribution in [0.3, 0.4) is 0 Å². The first-order valence-electron chi connectivity index (χ1n) is 8.44. The van der Waals surface area contributed by atoms with Gasteiger partial charge in [0, 0.05) is 0 Å². The maximum Gasteiger partial charge on any atom is 0.317 e. The Kier molecular flexibility index (Phi) is 4.72. The van der Waals surface area contributed by atoms with Crippen LogP contribution < -0.4 is 4.74 Å². The normalized spacial score (nSPS) is 24.8. The minimum Gasteiger partial charge on any atom is -0.497 e. The summed E-state index contributed by atoms with van der Waals surface area (Å²) in [6.07, 6.45) is 0.260. The van der Waals surface area contributed by atoms with E-state index in [0.29, 0.717) is 12.2 Å². The van der Waals surface area contributed by atoms with E-state index in [9.17, 15) is 9.59 Å². The minimum atomic E-state index is -1.16. The van der Waals surface area contributed by atoms with Crippen LogP contribution in [0.25, 0.3) is 0 Å². The zero-order valence-corrected chi connectivity index (χ0v) is 15.2. The molecule has 0 N–H and O–H groups in total. The maximum absolute atomic E-state index is 12.9. The number of hydrogen-bond donors (Lipinski definition) is 0. The Morgan fingerprint density at radius 1 is 1.12 bits per heavy atom. The van der Waals surface area contributed by atoms with Crippen LogP contribution in [0.5, 0.6) is 5.75 Å². The van der Waals surface area contributed by atoms with Crippen molar-refractivity contribution in [3.8, 4) is 5.75 Å². The van der Waals surface area contributed by atoms with E-state index < -0.39 is 23.0 Å². The Balaban J connectivity index is 2.13. The Morgan fingerprint density at radius 3 is 2.50 bits per heavy atom. The fourth-order valence-electron chi connectivity index (χ4n) is 3.76. The highest BCUT2D eigenvalue weighted by molar-refractivity contribution is 5.89. The highest BCUT2D eigenvalue weighted by atomic mass is 16.6. The summed E-state index contributed by atoms with van der Waals surface area (Å²) in [5.41, 5.74) is -0.650. The lowest BCUT2D eigenvalue weighted by Gasteiger charge is -2.39. The van der Waals surface area contributed by atoms with E-state index in [1.54, 1.807) is 14.0 Å². The smallest absolute Gasteiger partial charge is 0.317 e. The van der Waals surface area contributed by atoms with Gasteiger partial charge in [-0.05, 0) is 36.6 Å². The number of cyclic esters (lactones) is 1. The van der Waals surface area contributed by atoms with Crippen molar-refractivity contribution in [3.05, 3.63) is 65.7 Å². The van der Waals surface area contributed by atoms with Crippen molar-refractivity contribution in [2.75, 3.05) is 14.2 Å². The van der Waals surface area contributed by atoms with Gasteiger partial charge in [0.05, 0.1) is 20.6 Å². The molecule has 2 unspecified atom stereocenters. The van der Waals surface area contributed by atoms with Crippen molar-refractivity contribution in [2.45, 2.75) is 25.4 Å². The molecule has 0 amide bonds. The second-order valence-corrected chi connectivity index (χ2v) is 6.65. The Bertz CT molecular complexity index is 816. The van der Waals surface area contributed by atoms with Gasteiger partial charge in [0.1, 0.15) is 11.2 Å². The molecule has 5 heteroatoms. The molecule has 1 saturated heterocycles. The van der Waals surface area contributed by atoms with Gasteiger partial charge in [0.15, 0.2) is 5.60 Å². The van der Waals surface area contributed by atoms with Crippen LogP contribution in [-0.4, -0.2) is 26.2 Å². The van der Waals surface area contributed by atoms with Crippen molar-refractivity contribution in [1.29, 1.82) is 0 Å². The average molecular weight is 354 g/mol. The molecule has 0 saturated carbocycles. The molecule has 26 heavy (non-hydrogen) atoms. The maximum atomic E-state index is 12.9. The van der Waals surface area contributed by atoms with Gasteiger partial charge in [-0.3, -0.25) is 9.59 Å². The van der Waals surface area contributed by atoms with Crippen molar-refractivity contribution in [1.82, 2.24) is 0 Å². The minimum absolute atomic E-state index is 0.0394. The quantitative estimate of drug-likeness (QED) is 0.771. The van der Waals surface area contributed by atoms with E-state index in [1.807, 2.05) is 54.6 Å². The molecule has 0 radical (unpaired) electrons. The van der Waals surface area contributed by atoms with E-state index >= 15 is 0 Å². The summed E-state index contributed by atoms with van der Waals surface area (Å²) in [4.78, 5) is 25.3. The van der Waals surface area contributed by atoms with Gasteiger partial charge in [-0.25, -0.2) is 0 Å². The Labute approximate surface area is 152 Å². The third kappa shape index (κ3) is 2.83. The van der Waals surface area contributed by atoms with Crippen LogP contribution in [0.1, 0.15) is 24.5 Å². The lowest BCUT2D eigenvalue weighted by molar-refractivity contribution is -0.167. The second kappa shape index (κ2) is 6.83. The molecule has 1 aliphatic rings. The summed E-state index contributed by atoms with van der Waals surface area (Å²) in [5, 5.41) is 0. The highest BCUT2D eigenvalue weighted by Crippen LogP contribution is 2.53. The first kappa shape index (κ1) is 18.0. The highest BCUT2D eigenvalue weighted by Gasteiger charge is 2.64. The van der Waals surface area contributed by atoms with Gasteiger partial charge < -0.3 is 14.2 Å². The summed E-state index contributed by atoms with van der Waals surface area (Å²) >= 11 is 0. The van der Waals surface area contributed by atoms with Crippen molar-refractivity contribution in [2.24, 2.45) is 5.41 Å². The molecule has 2 aromatic carbocycles. The monoisotopic (exact) mass is 354 g/mol. The average Bonchev–Trinajstić information content (AvgIpc) is 2.93. The number of ether oxygens (including phenoxy) is 3. The molecule has 5 nitrogen and oxygen atoms in total. The number of carbonyl (C=O) groups excluding carboxylic acids is 2. The molecular weight excluding hydrogens is 332 g/mol. The molecular formula is C21H22O5. The molecule has 136 valence electrons. The van der Waals surface area contributed by atoms with Gasteiger partial charge in [-0.15, -0.1) is 0 Å². The van der Waals surface area contributed by atoms with Gasteiger partial charge in [0.2, 0.25) is 0 Å². The molecule has 3 rings (SSSR count). The number of rotatable bonds is 5. The predicted molar refractivity (Wildman–Crippen MR) is 95.7 cm³/mol. The Morgan fingerprint density at radius 2 is 1.85 bits per heavy atom. The summed E-state index contributed by atoms with van der Waals surface area (Å²) in [6, 6.07) is 16.8.